The van der Waals surface area contributed by atoms with Gasteiger partial charge in [0.25, 0.3) is 0 Å². The van der Waals surface area contributed by atoms with Crippen molar-refractivity contribution >= 4 is 11.8 Å². The molecule has 0 saturated carbocycles. The van der Waals surface area contributed by atoms with E-state index in [1.807, 2.05) is 24.0 Å². The van der Waals surface area contributed by atoms with Gasteiger partial charge < -0.3 is 0 Å². The number of hydrogen-bond donors (Lipinski definition) is 0. The molecular formula is C18H13NS. The monoisotopic (exact) mass is 275 g/mol. The molecule has 0 fully saturated rings. The Hall–Kier alpha value is -2.06. The zero-order chi connectivity index (χ0) is 13.4. The Labute approximate surface area is 122 Å². The minimum atomic E-state index is 1.01. The van der Waals surface area contributed by atoms with Gasteiger partial charge in [-0.1, -0.05) is 48.5 Å². The van der Waals surface area contributed by atoms with Gasteiger partial charge in [0.2, 0.25) is 0 Å². The summed E-state index contributed by atoms with van der Waals surface area (Å²) in [6, 6.07) is 21.2. The Morgan fingerprint density at radius 1 is 0.850 bits per heavy atom. The van der Waals surface area contributed by atoms with Gasteiger partial charge in [-0.15, -0.1) is 11.8 Å². The van der Waals surface area contributed by atoms with E-state index in [1.54, 1.807) is 0 Å². The Morgan fingerprint density at radius 3 is 2.55 bits per heavy atom. The van der Waals surface area contributed by atoms with Crippen LogP contribution in [0, 0.1) is 0 Å². The van der Waals surface area contributed by atoms with E-state index in [-0.39, 0.29) is 0 Å². The first-order chi connectivity index (χ1) is 9.92. The fourth-order valence-corrected chi connectivity index (χ4v) is 3.64. The van der Waals surface area contributed by atoms with Crippen LogP contribution < -0.4 is 0 Å². The van der Waals surface area contributed by atoms with E-state index in [4.69, 9.17) is 0 Å². The number of benzene rings is 2. The van der Waals surface area contributed by atoms with Gasteiger partial charge in [-0.25, -0.2) is 0 Å². The molecule has 2 heterocycles. The summed E-state index contributed by atoms with van der Waals surface area (Å²) in [7, 11) is 0. The SMILES string of the molecule is c1ccc(-c2cc3c(cn2)CSc2ccccc2-3)cc1. The van der Waals surface area contributed by atoms with Crippen molar-refractivity contribution in [1.29, 1.82) is 0 Å². The zero-order valence-electron chi connectivity index (χ0n) is 10.9. The second-order valence-corrected chi connectivity index (χ2v) is 5.89. The third kappa shape index (κ3) is 1.93. The first kappa shape index (κ1) is 11.7. The molecule has 1 aromatic heterocycles. The number of hydrogen-bond acceptors (Lipinski definition) is 2. The van der Waals surface area contributed by atoms with Gasteiger partial charge in [-0.05, 0) is 28.8 Å². The average Bonchev–Trinajstić information content (AvgIpc) is 2.55. The maximum atomic E-state index is 4.62. The molecule has 1 aliphatic heterocycles. The molecule has 0 saturated heterocycles. The summed E-state index contributed by atoms with van der Waals surface area (Å²) in [5, 5.41) is 0. The number of fused-ring (bicyclic) bond motifs is 3. The lowest BCUT2D eigenvalue weighted by Gasteiger charge is -2.19. The lowest BCUT2D eigenvalue weighted by atomic mass is 9.99. The molecule has 0 atom stereocenters. The fourth-order valence-electron chi connectivity index (χ4n) is 2.59. The minimum absolute atomic E-state index is 1.01. The van der Waals surface area contributed by atoms with Crippen molar-refractivity contribution in [2.45, 2.75) is 10.6 Å². The third-order valence-corrected chi connectivity index (χ3v) is 4.74. The lowest BCUT2D eigenvalue weighted by Crippen LogP contribution is -1.98. The summed E-state index contributed by atoms with van der Waals surface area (Å²) in [5.74, 6) is 1.01. The van der Waals surface area contributed by atoms with Crippen LogP contribution in [0.25, 0.3) is 22.4 Å². The van der Waals surface area contributed by atoms with Gasteiger partial charge >= 0.3 is 0 Å². The summed E-state index contributed by atoms with van der Waals surface area (Å²) >= 11 is 1.89. The summed E-state index contributed by atoms with van der Waals surface area (Å²) < 4.78 is 0. The van der Waals surface area contributed by atoms with Gasteiger partial charge in [0, 0.05) is 22.4 Å². The van der Waals surface area contributed by atoms with E-state index < -0.39 is 0 Å². The van der Waals surface area contributed by atoms with E-state index in [0.717, 1.165) is 11.4 Å². The van der Waals surface area contributed by atoms with Crippen molar-refractivity contribution < 1.29 is 0 Å². The van der Waals surface area contributed by atoms with Crippen LogP contribution in [0.5, 0.6) is 0 Å². The maximum Gasteiger partial charge on any atom is 0.0708 e. The second-order valence-electron chi connectivity index (χ2n) is 4.88. The molecule has 0 amide bonds. The molecular weight excluding hydrogens is 262 g/mol. The molecule has 2 aromatic carbocycles. The molecule has 1 nitrogen and oxygen atoms in total. The highest BCUT2D eigenvalue weighted by molar-refractivity contribution is 7.98. The summed E-state index contributed by atoms with van der Waals surface area (Å²) in [6.07, 6.45) is 2.03. The molecule has 0 radical (unpaired) electrons. The van der Waals surface area contributed by atoms with E-state index in [1.165, 1.54) is 27.1 Å². The molecule has 0 aliphatic carbocycles. The predicted molar refractivity (Wildman–Crippen MR) is 84.7 cm³/mol. The highest BCUT2D eigenvalue weighted by Gasteiger charge is 2.17. The Kier molecular flexibility index (Phi) is 2.82. The van der Waals surface area contributed by atoms with Gasteiger partial charge in [0.1, 0.15) is 0 Å². The van der Waals surface area contributed by atoms with Crippen molar-refractivity contribution in [1.82, 2.24) is 4.98 Å². The molecule has 96 valence electrons. The third-order valence-electron chi connectivity index (χ3n) is 3.62. The van der Waals surface area contributed by atoms with Crippen LogP contribution in [-0.2, 0) is 5.75 Å². The van der Waals surface area contributed by atoms with Crippen LogP contribution in [0.2, 0.25) is 0 Å². The molecule has 0 N–H and O–H groups in total. The van der Waals surface area contributed by atoms with Gasteiger partial charge in [0.05, 0.1) is 5.69 Å². The van der Waals surface area contributed by atoms with Crippen LogP contribution in [0.4, 0.5) is 0 Å². The zero-order valence-corrected chi connectivity index (χ0v) is 11.7. The normalized spacial score (nSPS) is 12.6. The van der Waals surface area contributed by atoms with Gasteiger partial charge in [0.15, 0.2) is 0 Å². The predicted octanol–water partition coefficient (Wildman–Crippen LogP) is 5.02. The Morgan fingerprint density at radius 2 is 1.65 bits per heavy atom. The smallest absolute Gasteiger partial charge is 0.0708 e. The van der Waals surface area contributed by atoms with Crippen LogP contribution in [0.1, 0.15) is 5.56 Å². The van der Waals surface area contributed by atoms with E-state index >= 15 is 0 Å². The van der Waals surface area contributed by atoms with Crippen LogP contribution >= 0.6 is 11.8 Å². The van der Waals surface area contributed by atoms with E-state index in [2.05, 4.69) is 59.6 Å². The number of rotatable bonds is 1. The minimum Gasteiger partial charge on any atom is -0.256 e. The molecule has 3 aromatic rings. The topological polar surface area (TPSA) is 12.9 Å². The van der Waals surface area contributed by atoms with Crippen molar-refractivity contribution in [3.05, 3.63) is 72.4 Å². The van der Waals surface area contributed by atoms with Crippen LogP contribution in [0.15, 0.2) is 71.8 Å². The van der Waals surface area contributed by atoms with Crippen LogP contribution in [0.3, 0.4) is 0 Å². The average molecular weight is 275 g/mol. The second kappa shape index (κ2) is 4.80. The lowest BCUT2D eigenvalue weighted by molar-refractivity contribution is 1.23. The Balaban J connectivity index is 1.90. The first-order valence-corrected chi connectivity index (χ1v) is 7.67. The highest BCUT2D eigenvalue weighted by Crippen LogP contribution is 2.41. The molecule has 0 unspecified atom stereocenters. The van der Waals surface area contributed by atoms with Gasteiger partial charge in [-0.2, -0.15) is 0 Å². The number of aromatic nitrogens is 1. The molecule has 0 spiro atoms. The largest absolute Gasteiger partial charge is 0.256 e. The molecule has 0 bridgehead atoms. The molecule has 2 heteroatoms. The molecule has 1 aliphatic rings. The van der Waals surface area contributed by atoms with Crippen molar-refractivity contribution in [2.24, 2.45) is 0 Å². The molecule has 4 rings (SSSR count). The van der Waals surface area contributed by atoms with E-state index in [9.17, 15) is 0 Å². The van der Waals surface area contributed by atoms with Crippen LogP contribution in [-0.4, -0.2) is 4.98 Å². The molecule has 20 heavy (non-hydrogen) atoms. The van der Waals surface area contributed by atoms with Gasteiger partial charge in [-0.3, -0.25) is 4.98 Å². The summed E-state index contributed by atoms with van der Waals surface area (Å²) in [4.78, 5) is 5.99. The fraction of sp³-hybridized carbons (Fsp3) is 0.0556. The van der Waals surface area contributed by atoms with E-state index in [0.29, 0.717) is 0 Å². The summed E-state index contributed by atoms with van der Waals surface area (Å²) in [5.41, 5.74) is 6.21. The standard InChI is InChI=1S/C18H13NS/c1-2-6-13(7-3-1)17-10-16-14(11-19-17)12-20-18-9-5-4-8-15(16)18/h1-11H,12H2. The number of thioether (sulfide) groups is 1. The number of nitrogens with zero attached hydrogens (tertiary/aromatic N) is 1. The highest BCUT2D eigenvalue weighted by atomic mass is 32.2. The number of pyridine rings is 1. The Bertz CT molecular complexity index is 765. The first-order valence-electron chi connectivity index (χ1n) is 6.68. The van der Waals surface area contributed by atoms with Crippen molar-refractivity contribution in [2.75, 3.05) is 0 Å². The van der Waals surface area contributed by atoms with Crippen molar-refractivity contribution in [3.8, 4) is 22.4 Å². The maximum absolute atomic E-state index is 4.62. The van der Waals surface area contributed by atoms with Crippen molar-refractivity contribution in [3.63, 3.8) is 0 Å². The summed E-state index contributed by atoms with van der Waals surface area (Å²) in [6.45, 7) is 0. The quantitative estimate of drug-likeness (QED) is 0.618.